The fourth-order valence-electron chi connectivity index (χ4n) is 1.44. The zero-order valence-electron chi connectivity index (χ0n) is 10.5. The monoisotopic (exact) mass is 236 g/mol. The maximum Gasteiger partial charge on any atom is 0.315 e. The van der Waals surface area contributed by atoms with Crippen LogP contribution in [0.1, 0.15) is 38.8 Å². The summed E-state index contributed by atoms with van der Waals surface area (Å²) in [4.78, 5) is 11.6. The Morgan fingerprint density at radius 1 is 1.35 bits per heavy atom. The van der Waals surface area contributed by atoms with E-state index in [9.17, 15) is 9.90 Å². The first-order valence-corrected chi connectivity index (χ1v) is 5.89. The van der Waals surface area contributed by atoms with Crippen molar-refractivity contribution in [3.63, 3.8) is 0 Å². The predicted octanol–water partition coefficient (Wildman–Crippen LogP) is 2.55. The van der Waals surface area contributed by atoms with Crippen LogP contribution in [0.5, 0.6) is 5.75 Å². The predicted molar refractivity (Wildman–Crippen MR) is 67.9 cm³/mol. The van der Waals surface area contributed by atoms with Crippen LogP contribution in [0.15, 0.2) is 24.3 Å². The van der Waals surface area contributed by atoms with Gasteiger partial charge in [0.15, 0.2) is 0 Å². The third-order valence-electron chi connectivity index (χ3n) is 2.71. The summed E-state index contributed by atoms with van der Waals surface area (Å²) in [5, 5.41) is 15.0. The number of carbonyl (C=O) groups excluding carboxylic acids is 1. The molecule has 1 rings (SSSR count). The van der Waals surface area contributed by atoms with Gasteiger partial charge in [-0.3, -0.25) is 0 Å². The van der Waals surface area contributed by atoms with E-state index >= 15 is 0 Å². The molecule has 3 N–H and O–H groups in total. The van der Waals surface area contributed by atoms with Gasteiger partial charge in [-0.15, -0.1) is 0 Å². The number of phenolic OH excluding ortho intramolecular Hbond substituents is 1. The average molecular weight is 236 g/mol. The van der Waals surface area contributed by atoms with Crippen molar-refractivity contribution in [1.82, 2.24) is 10.6 Å². The minimum Gasteiger partial charge on any atom is -0.508 e. The van der Waals surface area contributed by atoms with Crippen LogP contribution in [-0.2, 0) is 0 Å². The van der Waals surface area contributed by atoms with E-state index in [1.165, 1.54) is 0 Å². The summed E-state index contributed by atoms with van der Waals surface area (Å²) in [7, 11) is 0. The molecule has 0 spiro atoms. The number of phenols is 1. The quantitative estimate of drug-likeness (QED) is 0.752. The highest BCUT2D eigenvalue weighted by atomic mass is 16.3. The van der Waals surface area contributed by atoms with Crippen molar-refractivity contribution in [2.75, 3.05) is 0 Å². The van der Waals surface area contributed by atoms with Crippen molar-refractivity contribution in [2.24, 2.45) is 0 Å². The van der Waals surface area contributed by atoms with Crippen LogP contribution in [-0.4, -0.2) is 17.2 Å². The number of benzene rings is 1. The van der Waals surface area contributed by atoms with Crippen LogP contribution in [0.2, 0.25) is 0 Å². The number of amides is 2. The summed E-state index contributed by atoms with van der Waals surface area (Å²) < 4.78 is 0. The van der Waals surface area contributed by atoms with Gasteiger partial charge in [0.25, 0.3) is 0 Å². The maximum absolute atomic E-state index is 11.6. The Balaban J connectivity index is 2.54. The van der Waals surface area contributed by atoms with Crippen molar-refractivity contribution in [1.29, 1.82) is 0 Å². The second-order valence-electron chi connectivity index (χ2n) is 4.24. The van der Waals surface area contributed by atoms with Gasteiger partial charge in [-0.2, -0.15) is 0 Å². The molecule has 0 aromatic heterocycles. The summed E-state index contributed by atoms with van der Waals surface area (Å²) in [6.07, 6.45) is 0.897. The molecule has 0 aliphatic heterocycles. The smallest absolute Gasteiger partial charge is 0.315 e. The van der Waals surface area contributed by atoms with E-state index < -0.39 is 0 Å². The molecule has 0 fully saturated rings. The normalized spacial score (nSPS) is 13.8. The van der Waals surface area contributed by atoms with E-state index in [0.717, 1.165) is 12.0 Å². The number of hydrogen-bond acceptors (Lipinski definition) is 2. The largest absolute Gasteiger partial charge is 0.508 e. The zero-order valence-corrected chi connectivity index (χ0v) is 10.5. The van der Waals surface area contributed by atoms with E-state index in [2.05, 4.69) is 10.6 Å². The van der Waals surface area contributed by atoms with Crippen molar-refractivity contribution in [2.45, 2.75) is 39.3 Å². The summed E-state index contributed by atoms with van der Waals surface area (Å²) in [6.45, 7) is 5.85. The van der Waals surface area contributed by atoms with Crippen molar-refractivity contribution in [3.8, 4) is 5.75 Å². The first kappa shape index (κ1) is 13.4. The molecule has 1 aromatic rings. The zero-order chi connectivity index (χ0) is 12.8. The Morgan fingerprint density at radius 2 is 2.06 bits per heavy atom. The van der Waals surface area contributed by atoms with Gasteiger partial charge in [0.1, 0.15) is 5.75 Å². The van der Waals surface area contributed by atoms with Crippen molar-refractivity contribution >= 4 is 6.03 Å². The molecule has 94 valence electrons. The minimum absolute atomic E-state index is 0.133. The SMILES string of the molecule is CC[C@H](C)NC(=O)N[C@@H](C)c1cccc(O)c1. The molecule has 0 aliphatic carbocycles. The molecule has 0 saturated carbocycles. The number of nitrogens with one attached hydrogen (secondary N) is 2. The van der Waals surface area contributed by atoms with E-state index in [1.807, 2.05) is 26.8 Å². The number of carbonyl (C=O) groups is 1. The molecular formula is C13H20N2O2. The molecule has 2 amide bonds. The molecule has 1 aromatic carbocycles. The average Bonchev–Trinajstić information content (AvgIpc) is 2.28. The third-order valence-corrected chi connectivity index (χ3v) is 2.71. The molecule has 0 saturated heterocycles. The molecule has 0 radical (unpaired) electrons. The van der Waals surface area contributed by atoms with Crippen LogP contribution in [0, 0.1) is 0 Å². The fraction of sp³-hybridized carbons (Fsp3) is 0.462. The van der Waals surface area contributed by atoms with E-state index in [1.54, 1.807) is 18.2 Å². The lowest BCUT2D eigenvalue weighted by molar-refractivity contribution is 0.234. The summed E-state index contributed by atoms with van der Waals surface area (Å²) >= 11 is 0. The lowest BCUT2D eigenvalue weighted by Crippen LogP contribution is -2.41. The molecule has 4 heteroatoms. The van der Waals surface area contributed by atoms with Crippen LogP contribution in [0.3, 0.4) is 0 Å². The van der Waals surface area contributed by atoms with Crippen LogP contribution in [0.25, 0.3) is 0 Å². The Kier molecular flexibility index (Phi) is 4.82. The molecule has 4 nitrogen and oxygen atoms in total. The topological polar surface area (TPSA) is 61.4 Å². The maximum atomic E-state index is 11.6. The molecule has 0 unspecified atom stereocenters. The Hall–Kier alpha value is -1.71. The lowest BCUT2D eigenvalue weighted by Gasteiger charge is -2.17. The molecule has 17 heavy (non-hydrogen) atoms. The highest BCUT2D eigenvalue weighted by Gasteiger charge is 2.10. The first-order valence-electron chi connectivity index (χ1n) is 5.89. The number of aromatic hydroxyl groups is 1. The molecule has 2 atom stereocenters. The standard InChI is InChI=1S/C13H20N2O2/c1-4-9(2)14-13(17)15-10(3)11-6-5-7-12(16)8-11/h5-10,16H,4H2,1-3H3,(H2,14,15,17)/t9-,10-/m0/s1. The highest BCUT2D eigenvalue weighted by Crippen LogP contribution is 2.17. The Labute approximate surface area is 102 Å². The van der Waals surface area contributed by atoms with Gasteiger partial charge in [-0.1, -0.05) is 19.1 Å². The number of rotatable bonds is 4. The van der Waals surface area contributed by atoms with E-state index in [-0.39, 0.29) is 23.9 Å². The number of urea groups is 1. The number of hydrogen-bond donors (Lipinski definition) is 3. The molecule has 0 heterocycles. The Bertz CT molecular complexity index is 379. The lowest BCUT2D eigenvalue weighted by atomic mass is 10.1. The van der Waals surface area contributed by atoms with E-state index in [4.69, 9.17) is 0 Å². The van der Waals surface area contributed by atoms with Crippen molar-refractivity contribution in [3.05, 3.63) is 29.8 Å². The Morgan fingerprint density at radius 3 is 2.65 bits per heavy atom. The van der Waals surface area contributed by atoms with Gasteiger partial charge >= 0.3 is 6.03 Å². The van der Waals surface area contributed by atoms with Gasteiger partial charge in [-0.25, -0.2) is 4.79 Å². The van der Waals surface area contributed by atoms with E-state index in [0.29, 0.717) is 0 Å². The van der Waals surface area contributed by atoms with Crippen LogP contribution in [0.4, 0.5) is 4.79 Å². The summed E-state index contributed by atoms with van der Waals surface area (Å²) in [5.74, 6) is 0.207. The summed E-state index contributed by atoms with van der Waals surface area (Å²) in [5.41, 5.74) is 0.879. The molecule has 0 bridgehead atoms. The van der Waals surface area contributed by atoms with Crippen molar-refractivity contribution < 1.29 is 9.90 Å². The van der Waals surface area contributed by atoms with Gasteiger partial charge in [0.05, 0.1) is 6.04 Å². The molecule has 0 aliphatic rings. The first-order chi connectivity index (χ1) is 8.02. The second kappa shape index (κ2) is 6.13. The van der Waals surface area contributed by atoms with Gasteiger partial charge in [0.2, 0.25) is 0 Å². The van der Waals surface area contributed by atoms with Gasteiger partial charge < -0.3 is 15.7 Å². The van der Waals surface area contributed by atoms with Crippen LogP contribution < -0.4 is 10.6 Å². The van der Waals surface area contributed by atoms with Gasteiger partial charge in [-0.05, 0) is 38.0 Å². The molecular weight excluding hydrogens is 216 g/mol. The summed E-state index contributed by atoms with van der Waals surface area (Å²) in [6, 6.07) is 6.72. The third kappa shape index (κ3) is 4.34. The minimum atomic E-state index is -0.185. The van der Waals surface area contributed by atoms with Crippen LogP contribution >= 0.6 is 0 Å². The second-order valence-corrected chi connectivity index (χ2v) is 4.24. The fourth-order valence-corrected chi connectivity index (χ4v) is 1.44. The van der Waals surface area contributed by atoms with Gasteiger partial charge in [0, 0.05) is 6.04 Å². The highest BCUT2D eigenvalue weighted by molar-refractivity contribution is 5.74.